The van der Waals surface area contributed by atoms with Gasteiger partial charge in [0.05, 0.1) is 12.8 Å². The maximum Gasteiger partial charge on any atom is 0.143 e. The van der Waals surface area contributed by atoms with E-state index in [0.717, 1.165) is 11.4 Å². The number of nitrogens with one attached hydrogen (secondary N) is 1. The SMILES string of the molecule is COc1cc(Cl)ccc1NC1CCC1. The summed E-state index contributed by atoms with van der Waals surface area (Å²) in [5.74, 6) is 0.824. The van der Waals surface area contributed by atoms with E-state index in [0.29, 0.717) is 11.1 Å². The monoisotopic (exact) mass is 211 g/mol. The lowest BCUT2D eigenvalue weighted by atomic mass is 9.93. The molecule has 0 aliphatic heterocycles. The van der Waals surface area contributed by atoms with Crippen LogP contribution < -0.4 is 10.1 Å². The minimum Gasteiger partial charge on any atom is -0.495 e. The van der Waals surface area contributed by atoms with Crippen molar-refractivity contribution in [1.29, 1.82) is 0 Å². The highest BCUT2D eigenvalue weighted by molar-refractivity contribution is 6.30. The molecule has 2 rings (SSSR count). The summed E-state index contributed by atoms with van der Waals surface area (Å²) < 4.78 is 5.25. The summed E-state index contributed by atoms with van der Waals surface area (Å²) in [6.45, 7) is 0. The first kappa shape index (κ1) is 9.66. The minimum absolute atomic E-state index is 0.616. The van der Waals surface area contributed by atoms with E-state index in [1.54, 1.807) is 7.11 Å². The fourth-order valence-electron chi connectivity index (χ4n) is 1.56. The number of hydrogen-bond acceptors (Lipinski definition) is 2. The van der Waals surface area contributed by atoms with Gasteiger partial charge in [-0.1, -0.05) is 11.6 Å². The summed E-state index contributed by atoms with van der Waals surface area (Å²) in [6.07, 6.45) is 3.84. The average molecular weight is 212 g/mol. The smallest absolute Gasteiger partial charge is 0.143 e. The van der Waals surface area contributed by atoms with Gasteiger partial charge in [0.2, 0.25) is 0 Å². The molecule has 1 aliphatic rings. The number of halogens is 1. The highest BCUT2D eigenvalue weighted by Crippen LogP contribution is 2.31. The fourth-order valence-corrected chi connectivity index (χ4v) is 1.72. The summed E-state index contributed by atoms with van der Waals surface area (Å²) in [6, 6.07) is 6.30. The Balaban J connectivity index is 2.14. The Labute approximate surface area is 89.2 Å². The van der Waals surface area contributed by atoms with Gasteiger partial charge in [0.1, 0.15) is 5.75 Å². The van der Waals surface area contributed by atoms with Crippen LogP contribution in [0.15, 0.2) is 18.2 Å². The predicted octanol–water partition coefficient (Wildman–Crippen LogP) is 3.31. The van der Waals surface area contributed by atoms with Crippen LogP contribution in [0.3, 0.4) is 0 Å². The number of benzene rings is 1. The Bertz CT molecular complexity index is 323. The Hall–Kier alpha value is -0.890. The second kappa shape index (κ2) is 4.09. The summed E-state index contributed by atoms with van der Waals surface area (Å²) in [5.41, 5.74) is 1.04. The van der Waals surface area contributed by atoms with Gasteiger partial charge in [-0.3, -0.25) is 0 Å². The molecule has 2 nitrogen and oxygen atoms in total. The van der Waals surface area contributed by atoms with Crippen molar-refractivity contribution in [3.63, 3.8) is 0 Å². The van der Waals surface area contributed by atoms with E-state index in [2.05, 4.69) is 5.32 Å². The molecule has 1 aromatic carbocycles. The van der Waals surface area contributed by atoms with E-state index in [-0.39, 0.29) is 0 Å². The van der Waals surface area contributed by atoms with Gasteiger partial charge in [-0.05, 0) is 31.4 Å². The number of hydrogen-bond donors (Lipinski definition) is 1. The summed E-state index contributed by atoms with van der Waals surface area (Å²) in [4.78, 5) is 0. The van der Waals surface area contributed by atoms with Crippen molar-refractivity contribution in [1.82, 2.24) is 0 Å². The molecule has 0 aromatic heterocycles. The molecule has 0 unspecified atom stereocenters. The third kappa shape index (κ3) is 1.95. The molecule has 3 heteroatoms. The van der Waals surface area contributed by atoms with Crippen LogP contribution in [-0.2, 0) is 0 Å². The molecule has 1 aliphatic carbocycles. The van der Waals surface area contributed by atoms with Crippen molar-refractivity contribution < 1.29 is 4.74 Å². The normalized spacial score (nSPS) is 16.1. The molecule has 1 saturated carbocycles. The lowest BCUT2D eigenvalue weighted by molar-refractivity contribution is 0.410. The third-order valence-electron chi connectivity index (χ3n) is 2.63. The van der Waals surface area contributed by atoms with Crippen LogP contribution in [0.4, 0.5) is 5.69 Å². The van der Waals surface area contributed by atoms with Crippen LogP contribution in [0, 0.1) is 0 Å². The lowest BCUT2D eigenvalue weighted by Crippen LogP contribution is -2.27. The molecule has 0 bridgehead atoms. The van der Waals surface area contributed by atoms with Crippen LogP contribution in [-0.4, -0.2) is 13.2 Å². The summed E-state index contributed by atoms with van der Waals surface area (Å²) >= 11 is 5.87. The summed E-state index contributed by atoms with van der Waals surface area (Å²) in [7, 11) is 1.66. The van der Waals surface area contributed by atoms with Crippen LogP contribution >= 0.6 is 11.6 Å². The zero-order valence-corrected chi connectivity index (χ0v) is 8.97. The molecule has 76 valence electrons. The van der Waals surface area contributed by atoms with E-state index < -0.39 is 0 Å². The van der Waals surface area contributed by atoms with Crippen molar-refractivity contribution in [2.75, 3.05) is 12.4 Å². The molecule has 0 radical (unpaired) electrons. The first-order valence-electron chi connectivity index (χ1n) is 4.89. The number of methoxy groups -OCH3 is 1. The van der Waals surface area contributed by atoms with Crippen LogP contribution in [0.5, 0.6) is 5.75 Å². The van der Waals surface area contributed by atoms with Gasteiger partial charge >= 0.3 is 0 Å². The highest BCUT2D eigenvalue weighted by atomic mass is 35.5. The largest absolute Gasteiger partial charge is 0.495 e. The molecule has 0 amide bonds. The zero-order chi connectivity index (χ0) is 9.97. The molecular weight excluding hydrogens is 198 g/mol. The topological polar surface area (TPSA) is 21.3 Å². The number of rotatable bonds is 3. The van der Waals surface area contributed by atoms with Crippen molar-refractivity contribution in [2.24, 2.45) is 0 Å². The van der Waals surface area contributed by atoms with Gasteiger partial charge in [-0.25, -0.2) is 0 Å². The van der Waals surface area contributed by atoms with Crippen molar-refractivity contribution in [3.05, 3.63) is 23.2 Å². The second-order valence-electron chi connectivity index (χ2n) is 3.62. The maximum absolute atomic E-state index is 5.87. The molecule has 1 N–H and O–H groups in total. The van der Waals surface area contributed by atoms with Crippen LogP contribution in [0.2, 0.25) is 5.02 Å². The molecule has 0 saturated heterocycles. The second-order valence-corrected chi connectivity index (χ2v) is 4.05. The van der Waals surface area contributed by atoms with E-state index in [4.69, 9.17) is 16.3 Å². The van der Waals surface area contributed by atoms with Crippen molar-refractivity contribution in [2.45, 2.75) is 25.3 Å². The molecule has 0 spiro atoms. The fraction of sp³-hybridized carbons (Fsp3) is 0.455. The quantitative estimate of drug-likeness (QED) is 0.828. The molecule has 0 atom stereocenters. The van der Waals surface area contributed by atoms with Gasteiger partial charge in [-0.2, -0.15) is 0 Å². The van der Waals surface area contributed by atoms with Crippen LogP contribution in [0.1, 0.15) is 19.3 Å². The van der Waals surface area contributed by atoms with Gasteiger partial charge in [0, 0.05) is 17.1 Å². The van der Waals surface area contributed by atoms with E-state index in [1.165, 1.54) is 19.3 Å². The highest BCUT2D eigenvalue weighted by Gasteiger charge is 2.18. The molecule has 14 heavy (non-hydrogen) atoms. The standard InChI is InChI=1S/C11H14ClNO/c1-14-11-7-8(12)5-6-10(11)13-9-3-2-4-9/h5-7,9,13H,2-4H2,1H3. The Morgan fingerprint density at radius 3 is 2.79 bits per heavy atom. The molecular formula is C11H14ClNO. The first-order valence-corrected chi connectivity index (χ1v) is 5.27. The van der Waals surface area contributed by atoms with E-state index >= 15 is 0 Å². The van der Waals surface area contributed by atoms with Crippen molar-refractivity contribution >= 4 is 17.3 Å². The summed E-state index contributed by atoms with van der Waals surface area (Å²) in [5, 5.41) is 4.15. The van der Waals surface area contributed by atoms with E-state index in [9.17, 15) is 0 Å². The lowest BCUT2D eigenvalue weighted by Gasteiger charge is -2.28. The Morgan fingerprint density at radius 1 is 1.43 bits per heavy atom. The molecule has 0 heterocycles. The van der Waals surface area contributed by atoms with Gasteiger partial charge < -0.3 is 10.1 Å². The predicted molar refractivity (Wildman–Crippen MR) is 59.3 cm³/mol. The average Bonchev–Trinajstić information content (AvgIpc) is 2.13. The maximum atomic E-state index is 5.87. The van der Waals surface area contributed by atoms with Gasteiger partial charge in [0.25, 0.3) is 0 Å². The van der Waals surface area contributed by atoms with E-state index in [1.807, 2.05) is 18.2 Å². The third-order valence-corrected chi connectivity index (χ3v) is 2.86. The first-order chi connectivity index (χ1) is 6.79. The number of anilines is 1. The Kier molecular flexibility index (Phi) is 2.82. The van der Waals surface area contributed by atoms with Gasteiger partial charge in [-0.15, -0.1) is 0 Å². The Morgan fingerprint density at radius 2 is 2.21 bits per heavy atom. The minimum atomic E-state index is 0.616. The van der Waals surface area contributed by atoms with Crippen LogP contribution in [0.25, 0.3) is 0 Å². The van der Waals surface area contributed by atoms with Gasteiger partial charge in [0.15, 0.2) is 0 Å². The molecule has 1 aromatic rings. The van der Waals surface area contributed by atoms with Crippen molar-refractivity contribution in [3.8, 4) is 5.75 Å². The zero-order valence-electron chi connectivity index (χ0n) is 8.22. The molecule has 1 fully saturated rings. The number of ether oxygens (including phenoxy) is 1.